The smallest absolute Gasteiger partial charge is 0.223 e. The van der Waals surface area contributed by atoms with Crippen molar-refractivity contribution in [2.45, 2.75) is 69.6 Å². The minimum Gasteiger partial charge on any atom is -0.334 e. The van der Waals surface area contributed by atoms with Gasteiger partial charge in [0.25, 0.3) is 0 Å². The van der Waals surface area contributed by atoms with Crippen molar-refractivity contribution in [1.29, 1.82) is 0 Å². The summed E-state index contributed by atoms with van der Waals surface area (Å²) in [6.45, 7) is 0.683. The van der Waals surface area contributed by atoms with E-state index in [1.165, 1.54) is 25.7 Å². The number of fused-ring (bicyclic) bond motifs is 2. The van der Waals surface area contributed by atoms with Crippen LogP contribution in [-0.2, 0) is 11.3 Å². The summed E-state index contributed by atoms with van der Waals surface area (Å²) in [6.07, 6.45) is 9.85. The first kappa shape index (κ1) is 14.2. The molecule has 1 aliphatic carbocycles. The molecule has 3 fully saturated rings. The molecule has 0 radical (unpaired) electrons. The van der Waals surface area contributed by atoms with Gasteiger partial charge in [-0.15, -0.1) is 0 Å². The van der Waals surface area contributed by atoms with E-state index in [2.05, 4.69) is 15.2 Å². The van der Waals surface area contributed by atoms with Crippen LogP contribution in [0.25, 0.3) is 0 Å². The fourth-order valence-corrected chi connectivity index (χ4v) is 4.18. The second kappa shape index (κ2) is 5.99. The lowest BCUT2D eigenvalue weighted by atomic mass is 9.89. The monoisotopic (exact) mass is 299 g/mol. The summed E-state index contributed by atoms with van der Waals surface area (Å²) in [5.41, 5.74) is 1.01. The van der Waals surface area contributed by atoms with Gasteiger partial charge in [-0.2, -0.15) is 0 Å². The average molecular weight is 299 g/mol. The van der Waals surface area contributed by atoms with Crippen molar-refractivity contribution in [2.75, 3.05) is 0 Å². The van der Waals surface area contributed by atoms with Crippen LogP contribution < -0.4 is 5.32 Å². The summed E-state index contributed by atoms with van der Waals surface area (Å²) in [5.74, 6) is 0.927. The number of aromatic nitrogens is 1. The Labute approximate surface area is 132 Å². The maximum absolute atomic E-state index is 12.8. The van der Waals surface area contributed by atoms with Crippen LogP contribution in [-0.4, -0.2) is 33.9 Å². The molecule has 22 heavy (non-hydrogen) atoms. The number of carbonyl (C=O) groups excluding carboxylic acids is 1. The van der Waals surface area contributed by atoms with Crippen molar-refractivity contribution in [1.82, 2.24) is 15.2 Å². The van der Waals surface area contributed by atoms with Crippen molar-refractivity contribution in [3.8, 4) is 0 Å². The molecule has 1 amide bonds. The summed E-state index contributed by atoms with van der Waals surface area (Å²) in [6, 6.07) is 7.75. The molecule has 118 valence electrons. The first-order chi connectivity index (χ1) is 10.8. The number of pyridine rings is 1. The van der Waals surface area contributed by atoms with E-state index >= 15 is 0 Å². The summed E-state index contributed by atoms with van der Waals surface area (Å²) in [7, 11) is 0. The van der Waals surface area contributed by atoms with E-state index in [-0.39, 0.29) is 0 Å². The van der Waals surface area contributed by atoms with E-state index in [1.54, 1.807) is 0 Å². The van der Waals surface area contributed by atoms with Gasteiger partial charge >= 0.3 is 0 Å². The molecular weight excluding hydrogens is 274 g/mol. The molecule has 4 rings (SSSR count). The molecule has 4 nitrogen and oxygen atoms in total. The van der Waals surface area contributed by atoms with E-state index in [9.17, 15) is 4.79 Å². The van der Waals surface area contributed by atoms with Gasteiger partial charge in [-0.25, -0.2) is 0 Å². The second-order valence-electron chi connectivity index (χ2n) is 7.25. The number of amides is 1. The third kappa shape index (κ3) is 3.17. The van der Waals surface area contributed by atoms with Crippen molar-refractivity contribution < 1.29 is 4.79 Å². The molecular formula is C18H25N3O. The largest absolute Gasteiger partial charge is 0.334 e. The molecule has 3 aliphatic rings. The van der Waals surface area contributed by atoms with Crippen LogP contribution in [0.15, 0.2) is 24.4 Å². The van der Waals surface area contributed by atoms with Crippen LogP contribution in [0.3, 0.4) is 0 Å². The van der Waals surface area contributed by atoms with Crippen LogP contribution >= 0.6 is 0 Å². The highest BCUT2D eigenvalue weighted by Crippen LogP contribution is 2.35. The molecule has 1 N–H and O–H groups in total. The highest BCUT2D eigenvalue weighted by atomic mass is 16.2. The van der Waals surface area contributed by atoms with E-state index in [1.807, 2.05) is 24.4 Å². The summed E-state index contributed by atoms with van der Waals surface area (Å²) >= 11 is 0. The van der Waals surface area contributed by atoms with Gasteiger partial charge in [0.15, 0.2) is 0 Å². The number of piperidine rings is 1. The van der Waals surface area contributed by atoms with Crippen molar-refractivity contribution >= 4 is 5.91 Å². The Balaban J connectivity index is 1.38. The summed E-state index contributed by atoms with van der Waals surface area (Å²) in [4.78, 5) is 19.3. The van der Waals surface area contributed by atoms with E-state index in [0.717, 1.165) is 25.0 Å². The third-order valence-corrected chi connectivity index (χ3v) is 5.40. The Morgan fingerprint density at radius 2 is 1.95 bits per heavy atom. The molecule has 1 aromatic heterocycles. The topological polar surface area (TPSA) is 45.2 Å². The van der Waals surface area contributed by atoms with Gasteiger partial charge in [-0.1, -0.05) is 6.07 Å². The van der Waals surface area contributed by atoms with Crippen molar-refractivity contribution in [3.05, 3.63) is 30.1 Å². The van der Waals surface area contributed by atoms with Gasteiger partial charge in [0.1, 0.15) is 0 Å². The standard InChI is InChI=1S/C18H25N3O/c22-18(11-13-9-14-4-5-15(10-13)20-14)21(17-6-7-17)12-16-3-1-2-8-19-16/h1-3,8,13-15,17,20H,4-7,9-12H2. The number of hydrogen-bond donors (Lipinski definition) is 1. The van der Waals surface area contributed by atoms with Crippen LogP contribution in [0.5, 0.6) is 0 Å². The Bertz CT molecular complexity index is 516. The molecule has 1 aromatic rings. The zero-order valence-electron chi connectivity index (χ0n) is 13.1. The normalized spacial score (nSPS) is 30.3. The van der Waals surface area contributed by atoms with Gasteiger partial charge in [0, 0.05) is 30.7 Å². The maximum atomic E-state index is 12.8. The third-order valence-electron chi connectivity index (χ3n) is 5.40. The number of carbonyl (C=O) groups is 1. The fourth-order valence-electron chi connectivity index (χ4n) is 4.18. The van der Waals surface area contributed by atoms with Crippen LogP contribution in [0, 0.1) is 5.92 Å². The van der Waals surface area contributed by atoms with Crippen molar-refractivity contribution in [2.24, 2.45) is 5.92 Å². The molecule has 2 aliphatic heterocycles. The molecule has 1 saturated carbocycles. The molecule has 0 spiro atoms. The molecule has 4 heteroatoms. The van der Waals surface area contributed by atoms with E-state index < -0.39 is 0 Å². The Hall–Kier alpha value is -1.42. The minimum absolute atomic E-state index is 0.347. The number of rotatable bonds is 5. The molecule has 2 saturated heterocycles. The molecule has 2 atom stereocenters. The number of hydrogen-bond acceptors (Lipinski definition) is 3. The lowest BCUT2D eigenvalue weighted by Gasteiger charge is -2.31. The Kier molecular flexibility index (Phi) is 3.87. The first-order valence-corrected chi connectivity index (χ1v) is 8.73. The molecule has 2 unspecified atom stereocenters. The SMILES string of the molecule is O=C(CC1CC2CCC(C1)N2)N(Cc1ccccn1)C1CC1. The van der Waals surface area contributed by atoms with Crippen LogP contribution in [0.2, 0.25) is 0 Å². The Morgan fingerprint density at radius 1 is 1.18 bits per heavy atom. The second-order valence-corrected chi connectivity index (χ2v) is 7.25. The highest BCUT2D eigenvalue weighted by Gasteiger charge is 2.37. The lowest BCUT2D eigenvalue weighted by molar-refractivity contribution is -0.133. The first-order valence-electron chi connectivity index (χ1n) is 8.73. The fraction of sp³-hybridized carbons (Fsp3) is 0.667. The van der Waals surface area contributed by atoms with Crippen LogP contribution in [0.4, 0.5) is 0 Å². The zero-order chi connectivity index (χ0) is 14.9. The molecule has 3 heterocycles. The Morgan fingerprint density at radius 3 is 2.59 bits per heavy atom. The van der Waals surface area contributed by atoms with Gasteiger partial charge in [-0.3, -0.25) is 9.78 Å². The van der Waals surface area contributed by atoms with E-state index in [4.69, 9.17) is 0 Å². The van der Waals surface area contributed by atoms with Gasteiger partial charge in [0.05, 0.1) is 12.2 Å². The predicted octanol–water partition coefficient (Wildman–Crippen LogP) is 2.49. The summed E-state index contributed by atoms with van der Waals surface area (Å²) in [5, 5.41) is 3.66. The van der Waals surface area contributed by atoms with Gasteiger partial charge in [-0.05, 0) is 56.6 Å². The van der Waals surface area contributed by atoms with Crippen molar-refractivity contribution in [3.63, 3.8) is 0 Å². The minimum atomic E-state index is 0.347. The maximum Gasteiger partial charge on any atom is 0.223 e. The zero-order valence-corrected chi connectivity index (χ0v) is 13.1. The number of nitrogens with one attached hydrogen (secondary N) is 1. The quantitative estimate of drug-likeness (QED) is 0.908. The molecule has 2 bridgehead atoms. The predicted molar refractivity (Wildman–Crippen MR) is 85.1 cm³/mol. The van der Waals surface area contributed by atoms with E-state index in [0.29, 0.717) is 36.5 Å². The average Bonchev–Trinajstić information content (AvgIpc) is 3.31. The lowest BCUT2D eigenvalue weighted by Crippen LogP contribution is -2.41. The highest BCUT2D eigenvalue weighted by molar-refractivity contribution is 5.77. The van der Waals surface area contributed by atoms with Crippen LogP contribution in [0.1, 0.15) is 50.6 Å². The molecule has 0 aromatic carbocycles. The van der Waals surface area contributed by atoms with Gasteiger partial charge < -0.3 is 10.2 Å². The number of nitrogens with zero attached hydrogens (tertiary/aromatic N) is 2. The summed E-state index contributed by atoms with van der Waals surface area (Å²) < 4.78 is 0. The van der Waals surface area contributed by atoms with Gasteiger partial charge in [0.2, 0.25) is 5.91 Å².